The minimum Gasteiger partial charge on any atom is -0.458 e. The maximum absolute atomic E-state index is 7.05. The van der Waals surface area contributed by atoms with Crippen molar-refractivity contribution >= 4 is 40.2 Å². The summed E-state index contributed by atoms with van der Waals surface area (Å²) < 4.78 is 14.1. The molecule has 0 aromatic heterocycles. The molecule has 0 saturated heterocycles. The van der Waals surface area contributed by atoms with Gasteiger partial charge in [0.1, 0.15) is 23.0 Å². The van der Waals surface area contributed by atoms with Crippen LogP contribution in [0.1, 0.15) is 90.5 Å². The molecule has 2 aliphatic heterocycles. The summed E-state index contributed by atoms with van der Waals surface area (Å²) >= 11 is 0. The Bertz CT molecular complexity index is 2000. The number of hydrogen-bond donors (Lipinski definition) is 0. The smallest absolute Gasteiger partial charge is 0.260 e. The van der Waals surface area contributed by atoms with Crippen molar-refractivity contribution in [2.24, 2.45) is 0 Å². The van der Waals surface area contributed by atoms with Gasteiger partial charge in [0.05, 0.1) is 5.69 Å². The first-order chi connectivity index (χ1) is 22.7. The maximum atomic E-state index is 7.05. The number of fused-ring (bicyclic) bond motifs is 6. The predicted molar refractivity (Wildman–Crippen MR) is 200 cm³/mol. The molecule has 0 amide bonds. The summed E-state index contributed by atoms with van der Waals surface area (Å²) in [7, 11) is 0. The lowest BCUT2D eigenvalue weighted by molar-refractivity contribution is 0.402. The Labute approximate surface area is 286 Å². The van der Waals surface area contributed by atoms with Crippen molar-refractivity contribution in [2.75, 3.05) is 4.90 Å². The van der Waals surface area contributed by atoms with Crippen LogP contribution in [0.2, 0.25) is 0 Å². The molecule has 0 atom stereocenters. The van der Waals surface area contributed by atoms with Gasteiger partial charge in [0.25, 0.3) is 6.71 Å². The molecule has 9 rings (SSSR count). The first-order valence-electron chi connectivity index (χ1n) is 17.6. The lowest BCUT2D eigenvalue weighted by Gasteiger charge is -2.36. The summed E-state index contributed by atoms with van der Waals surface area (Å²) in [6.07, 6.45) is 2.23. The molecule has 240 valence electrons. The topological polar surface area (TPSA) is 21.7 Å². The summed E-state index contributed by atoms with van der Waals surface area (Å²) in [5.41, 5.74) is 12.9. The number of anilines is 3. The van der Waals surface area contributed by atoms with E-state index in [4.69, 9.17) is 9.47 Å². The highest BCUT2D eigenvalue weighted by Gasteiger charge is 2.49. The Morgan fingerprint density at radius 2 is 0.833 bits per heavy atom. The second kappa shape index (κ2) is 9.59. The van der Waals surface area contributed by atoms with Crippen LogP contribution in [0, 0.1) is 0 Å². The Kier molecular flexibility index (Phi) is 5.93. The van der Waals surface area contributed by atoms with Crippen LogP contribution in [0.4, 0.5) is 17.1 Å². The molecule has 48 heavy (non-hydrogen) atoms. The SMILES string of the molecule is CC1(C)CC(C)(C)c2cc3c(cc21)Oc1cc(N(c2ccccc2)c2ccccc2)cc2c1B3c1cc3c(cc1O2)C(C)(C)CC3(C)C. The van der Waals surface area contributed by atoms with Gasteiger partial charge < -0.3 is 14.4 Å². The van der Waals surface area contributed by atoms with Gasteiger partial charge in [-0.2, -0.15) is 0 Å². The quantitative estimate of drug-likeness (QED) is 0.182. The summed E-state index contributed by atoms with van der Waals surface area (Å²) in [4.78, 5) is 2.30. The van der Waals surface area contributed by atoms with Gasteiger partial charge in [-0.05, 0) is 104 Å². The number of ether oxygens (including phenoxy) is 2. The van der Waals surface area contributed by atoms with Gasteiger partial charge in [0.2, 0.25) is 0 Å². The fraction of sp³-hybridized carbons (Fsp3) is 0.318. The van der Waals surface area contributed by atoms with E-state index in [0.717, 1.165) is 58.4 Å². The zero-order valence-corrected chi connectivity index (χ0v) is 29.5. The van der Waals surface area contributed by atoms with E-state index in [1.807, 2.05) is 0 Å². The van der Waals surface area contributed by atoms with E-state index in [9.17, 15) is 0 Å². The zero-order valence-electron chi connectivity index (χ0n) is 29.5. The third-order valence-corrected chi connectivity index (χ3v) is 11.7. The average Bonchev–Trinajstić information content (AvgIpc) is 3.33. The molecule has 0 unspecified atom stereocenters. The van der Waals surface area contributed by atoms with Gasteiger partial charge in [-0.15, -0.1) is 0 Å². The summed E-state index contributed by atoms with van der Waals surface area (Å²) in [6.45, 7) is 19.2. The van der Waals surface area contributed by atoms with Crippen LogP contribution in [0.5, 0.6) is 23.0 Å². The first-order valence-corrected chi connectivity index (χ1v) is 17.6. The number of hydrogen-bond acceptors (Lipinski definition) is 3. The van der Waals surface area contributed by atoms with Gasteiger partial charge in [0, 0.05) is 29.0 Å². The molecule has 0 fully saturated rings. The Morgan fingerprint density at radius 1 is 0.458 bits per heavy atom. The van der Waals surface area contributed by atoms with E-state index >= 15 is 0 Å². The zero-order chi connectivity index (χ0) is 33.4. The molecule has 5 aromatic rings. The molecule has 4 aliphatic rings. The molecule has 4 heteroatoms. The number of nitrogens with zero attached hydrogens (tertiary/aromatic N) is 1. The predicted octanol–water partition coefficient (Wildman–Crippen LogP) is 9.80. The lowest BCUT2D eigenvalue weighted by Crippen LogP contribution is -2.58. The maximum Gasteiger partial charge on any atom is 0.260 e. The second-order valence-electron chi connectivity index (χ2n) is 17.3. The molecule has 0 radical (unpaired) electrons. The van der Waals surface area contributed by atoms with Crippen LogP contribution < -0.4 is 30.8 Å². The Morgan fingerprint density at radius 3 is 1.23 bits per heavy atom. The van der Waals surface area contributed by atoms with Gasteiger partial charge >= 0.3 is 0 Å². The molecule has 2 aliphatic carbocycles. The van der Waals surface area contributed by atoms with Crippen molar-refractivity contribution in [3.63, 3.8) is 0 Å². The molecule has 5 aromatic carbocycles. The fourth-order valence-electron chi connectivity index (χ4n) is 10.1. The summed E-state index contributed by atoms with van der Waals surface area (Å²) in [6, 6.07) is 35.3. The second-order valence-corrected chi connectivity index (χ2v) is 17.3. The largest absolute Gasteiger partial charge is 0.458 e. The Hall–Kier alpha value is -4.44. The van der Waals surface area contributed by atoms with E-state index < -0.39 is 0 Å². The lowest BCUT2D eigenvalue weighted by atomic mass is 9.34. The summed E-state index contributed by atoms with van der Waals surface area (Å²) in [5.74, 6) is 3.69. The van der Waals surface area contributed by atoms with Crippen LogP contribution in [-0.4, -0.2) is 6.71 Å². The van der Waals surface area contributed by atoms with E-state index in [-0.39, 0.29) is 28.4 Å². The number of benzene rings is 5. The minimum atomic E-state index is 0.0214. The highest BCUT2D eigenvalue weighted by atomic mass is 16.5. The van der Waals surface area contributed by atoms with Gasteiger partial charge in [0.15, 0.2) is 0 Å². The molecule has 0 saturated carbocycles. The van der Waals surface area contributed by atoms with E-state index in [1.54, 1.807) is 0 Å². The first kappa shape index (κ1) is 29.7. The van der Waals surface area contributed by atoms with E-state index in [2.05, 4.69) is 157 Å². The van der Waals surface area contributed by atoms with Crippen molar-refractivity contribution in [3.8, 4) is 23.0 Å². The normalized spacial score (nSPS) is 19.2. The van der Waals surface area contributed by atoms with Crippen LogP contribution in [0.25, 0.3) is 0 Å². The van der Waals surface area contributed by atoms with Crippen molar-refractivity contribution < 1.29 is 9.47 Å². The Balaban J connectivity index is 1.31. The molecule has 3 nitrogen and oxygen atoms in total. The van der Waals surface area contributed by atoms with Crippen LogP contribution in [0.15, 0.2) is 97.1 Å². The molecule has 0 N–H and O–H groups in total. The monoisotopic (exact) mass is 629 g/mol. The third-order valence-electron chi connectivity index (χ3n) is 11.7. The molecule has 0 bridgehead atoms. The number of rotatable bonds is 3. The van der Waals surface area contributed by atoms with Crippen LogP contribution in [0.3, 0.4) is 0 Å². The third kappa shape index (κ3) is 4.20. The highest BCUT2D eigenvalue weighted by molar-refractivity contribution is 6.98. The van der Waals surface area contributed by atoms with E-state index in [0.29, 0.717) is 0 Å². The van der Waals surface area contributed by atoms with Crippen molar-refractivity contribution in [1.29, 1.82) is 0 Å². The molecular weight excluding hydrogens is 585 g/mol. The molecule has 2 heterocycles. The van der Waals surface area contributed by atoms with Gasteiger partial charge in [-0.1, -0.05) is 104 Å². The van der Waals surface area contributed by atoms with E-state index in [1.165, 1.54) is 33.2 Å². The van der Waals surface area contributed by atoms with Crippen molar-refractivity contribution in [1.82, 2.24) is 0 Å². The minimum absolute atomic E-state index is 0.0214. The fourth-order valence-corrected chi connectivity index (χ4v) is 10.1. The van der Waals surface area contributed by atoms with Gasteiger partial charge in [-0.3, -0.25) is 0 Å². The van der Waals surface area contributed by atoms with Gasteiger partial charge in [-0.25, -0.2) is 0 Å². The standard InChI is InChI=1S/C44H44BNO2/c1-41(2)25-43(5,6)32-23-36-34(21-30(32)41)45-35-22-31-33(44(7,8)26-42(31,3)4)24-37(35)48-39-20-29(19-38(47-36)40(39)45)46(27-15-11-9-12-16-27)28-17-13-10-14-18-28/h9-24H,25-26H2,1-8H3. The van der Waals surface area contributed by atoms with Crippen LogP contribution >= 0.6 is 0 Å². The van der Waals surface area contributed by atoms with Crippen molar-refractivity contribution in [2.45, 2.75) is 89.9 Å². The molecule has 0 spiro atoms. The summed E-state index contributed by atoms with van der Waals surface area (Å²) in [5, 5.41) is 0. The number of para-hydroxylation sites is 2. The molecular formula is C44H44BNO2. The average molecular weight is 630 g/mol. The van der Waals surface area contributed by atoms with Crippen molar-refractivity contribution in [3.05, 3.63) is 119 Å². The van der Waals surface area contributed by atoms with Crippen LogP contribution in [-0.2, 0) is 21.7 Å². The highest BCUT2D eigenvalue weighted by Crippen LogP contribution is 2.53.